The van der Waals surface area contributed by atoms with Crippen LogP contribution in [0.25, 0.3) is 11.0 Å². The number of nitrogens with one attached hydrogen (secondary N) is 1. The first-order chi connectivity index (χ1) is 15.0. The van der Waals surface area contributed by atoms with E-state index in [-0.39, 0.29) is 5.82 Å². The number of piperazine rings is 1. The second kappa shape index (κ2) is 7.52. The quantitative estimate of drug-likeness (QED) is 0.730. The Balaban J connectivity index is 1.20. The molecule has 1 saturated heterocycles. The van der Waals surface area contributed by atoms with Gasteiger partial charge >= 0.3 is 0 Å². The molecule has 0 aliphatic carbocycles. The molecule has 2 atom stereocenters. The first-order valence-corrected chi connectivity index (χ1v) is 9.92. The summed E-state index contributed by atoms with van der Waals surface area (Å²) in [7, 11) is 0. The van der Waals surface area contributed by atoms with Crippen molar-refractivity contribution in [1.82, 2.24) is 4.90 Å². The van der Waals surface area contributed by atoms with E-state index in [1.165, 1.54) is 6.07 Å². The minimum Gasteiger partial charge on any atom is -0.464 e. The molecule has 2 aromatic carbocycles. The lowest BCUT2D eigenvalue weighted by atomic mass is 9.99. The van der Waals surface area contributed by atoms with Gasteiger partial charge in [-0.1, -0.05) is 12.1 Å². The molecule has 0 saturated carbocycles. The molecule has 6 heteroatoms. The van der Waals surface area contributed by atoms with E-state index >= 15 is 0 Å². The van der Waals surface area contributed by atoms with Crippen molar-refractivity contribution in [2.75, 3.05) is 42.9 Å². The zero-order chi connectivity index (χ0) is 21.5. The van der Waals surface area contributed by atoms with E-state index in [0.717, 1.165) is 55.8 Å². The molecule has 5 rings (SSSR count). The zero-order valence-corrected chi connectivity index (χ0v) is 16.0. The minimum absolute atomic E-state index is 0.286. The number of aryl methyl sites for hydroxylation is 1. The Hall–Kier alpha value is -2.86. The molecule has 2 aliphatic rings. The fourth-order valence-corrected chi connectivity index (χ4v) is 4.13. The van der Waals surface area contributed by atoms with Crippen molar-refractivity contribution in [2.24, 2.45) is 0 Å². The van der Waals surface area contributed by atoms with Gasteiger partial charge in [0.15, 0.2) is 0 Å². The van der Waals surface area contributed by atoms with Crippen LogP contribution in [0, 0.1) is 5.82 Å². The molecule has 1 fully saturated rings. The highest BCUT2D eigenvalue weighted by Crippen LogP contribution is 2.30. The highest BCUT2D eigenvalue weighted by molar-refractivity contribution is 5.94. The molecule has 1 amide bonds. The van der Waals surface area contributed by atoms with Gasteiger partial charge in [-0.15, -0.1) is 0 Å². The van der Waals surface area contributed by atoms with Crippen LogP contribution >= 0.6 is 0 Å². The maximum Gasteiger partial charge on any atom is 0.224 e. The van der Waals surface area contributed by atoms with Gasteiger partial charge in [-0.05, 0) is 42.1 Å². The SMILES string of the molecule is [2H]C1C(=O)Nc2cc(CCN3CCN(c4cc(F)cc5occc45)CC3)ccc2C1[2H]. The lowest BCUT2D eigenvalue weighted by molar-refractivity contribution is -0.116. The van der Waals surface area contributed by atoms with Crippen LogP contribution < -0.4 is 10.2 Å². The summed E-state index contributed by atoms with van der Waals surface area (Å²) < 4.78 is 35.2. The van der Waals surface area contributed by atoms with E-state index in [9.17, 15) is 9.18 Å². The van der Waals surface area contributed by atoms with E-state index < -0.39 is 18.7 Å². The summed E-state index contributed by atoms with van der Waals surface area (Å²) in [4.78, 5) is 16.4. The Labute approximate surface area is 171 Å². The molecule has 1 aromatic heterocycles. The molecule has 5 nitrogen and oxygen atoms in total. The summed E-state index contributed by atoms with van der Waals surface area (Å²) in [5, 5.41) is 3.69. The average Bonchev–Trinajstić information content (AvgIpc) is 3.24. The van der Waals surface area contributed by atoms with Crippen LogP contribution in [0.15, 0.2) is 47.1 Å². The molecule has 29 heavy (non-hydrogen) atoms. The predicted octanol–water partition coefficient (Wildman–Crippen LogP) is 3.82. The molecule has 150 valence electrons. The molecule has 0 bridgehead atoms. The van der Waals surface area contributed by atoms with Gasteiger partial charge in [0.05, 0.1) is 12.0 Å². The lowest BCUT2D eigenvalue weighted by Crippen LogP contribution is -2.47. The molecule has 0 spiro atoms. The van der Waals surface area contributed by atoms with Crippen LogP contribution in [0.4, 0.5) is 15.8 Å². The number of benzene rings is 2. The monoisotopic (exact) mass is 395 g/mol. The second-order valence-electron chi connectivity index (χ2n) is 7.58. The maximum atomic E-state index is 14.0. The minimum atomic E-state index is -1.07. The number of nitrogens with zero attached hydrogens (tertiary/aromatic N) is 2. The number of fused-ring (bicyclic) bond motifs is 2. The number of hydrogen-bond donors (Lipinski definition) is 1. The van der Waals surface area contributed by atoms with Crippen LogP contribution in [0.2, 0.25) is 0 Å². The maximum absolute atomic E-state index is 14.0. The molecule has 2 unspecified atom stereocenters. The number of anilines is 2. The van der Waals surface area contributed by atoms with Crippen LogP contribution in [-0.2, 0) is 17.6 Å². The molecule has 1 N–H and O–H groups in total. The van der Waals surface area contributed by atoms with E-state index in [0.29, 0.717) is 16.8 Å². The van der Waals surface area contributed by atoms with Crippen LogP contribution in [0.5, 0.6) is 0 Å². The normalized spacial score (nSPS) is 23.5. The highest BCUT2D eigenvalue weighted by Gasteiger charge is 2.20. The first kappa shape index (κ1) is 16.0. The number of amides is 1. The van der Waals surface area contributed by atoms with E-state index in [1.807, 2.05) is 24.3 Å². The van der Waals surface area contributed by atoms with E-state index in [1.54, 1.807) is 12.3 Å². The Kier molecular flexibility index (Phi) is 4.15. The number of hydrogen-bond acceptors (Lipinski definition) is 4. The first-order valence-electron chi connectivity index (χ1n) is 11.1. The smallest absolute Gasteiger partial charge is 0.224 e. The van der Waals surface area contributed by atoms with Gasteiger partial charge in [-0.25, -0.2) is 4.39 Å². The summed E-state index contributed by atoms with van der Waals surface area (Å²) in [5.74, 6) is -0.698. The fourth-order valence-electron chi connectivity index (χ4n) is 4.13. The van der Waals surface area contributed by atoms with Crippen molar-refractivity contribution in [2.45, 2.75) is 19.2 Å². The average molecular weight is 395 g/mol. The second-order valence-corrected chi connectivity index (χ2v) is 7.58. The number of carbonyl (C=O) groups is 1. The summed E-state index contributed by atoms with van der Waals surface area (Å²) in [6, 6.07) is 10.7. The third kappa shape index (κ3) is 3.72. The number of carbonyl (C=O) groups excluding carboxylic acids is 1. The molecular formula is C23H24FN3O2. The molecule has 3 heterocycles. The van der Waals surface area contributed by atoms with Gasteiger partial charge in [-0.3, -0.25) is 9.69 Å². The van der Waals surface area contributed by atoms with Gasteiger partial charge in [0.25, 0.3) is 0 Å². The number of halogens is 1. The van der Waals surface area contributed by atoms with Crippen LogP contribution in [-0.4, -0.2) is 43.5 Å². The Morgan fingerprint density at radius 2 is 1.97 bits per heavy atom. The topological polar surface area (TPSA) is 48.7 Å². The van der Waals surface area contributed by atoms with Gasteiger partial charge in [0, 0.05) is 59.0 Å². The summed E-state index contributed by atoms with van der Waals surface area (Å²) in [5.41, 5.74) is 3.92. The van der Waals surface area contributed by atoms with Crippen molar-refractivity contribution >= 4 is 28.3 Å². The third-order valence-corrected chi connectivity index (χ3v) is 5.73. The van der Waals surface area contributed by atoms with E-state index in [2.05, 4.69) is 15.1 Å². The molecule has 0 radical (unpaired) electrons. The van der Waals surface area contributed by atoms with Crippen LogP contribution in [0.3, 0.4) is 0 Å². The Bertz CT molecular complexity index is 1130. The summed E-state index contributed by atoms with van der Waals surface area (Å²) >= 11 is 0. The van der Waals surface area contributed by atoms with Crippen molar-refractivity contribution in [1.29, 1.82) is 0 Å². The summed E-state index contributed by atoms with van der Waals surface area (Å²) in [6.45, 7) is 4.28. The standard InChI is InChI=1S/C23H24FN3O2/c24-18-14-21(19-6-12-29-22(19)15-18)27-10-8-26(9-11-27)7-5-16-1-2-17-3-4-23(28)25-20(17)13-16/h1-2,6,12-15H,3-5,7-11H2,(H,25,28)/i3D,4D. The largest absolute Gasteiger partial charge is 0.464 e. The molecule has 2 aliphatic heterocycles. The molecular weight excluding hydrogens is 369 g/mol. The highest BCUT2D eigenvalue weighted by atomic mass is 19.1. The number of rotatable bonds is 4. The zero-order valence-electron chi connectivity index (χ0n) is 18.0. The van der Waals surface area contributed by atoms with Crippen molar-refractivity contribution in [3.05, 3.63) is 59.6 Å². The molecule has 3 aromatic rings. The Morgan fingerprint density at radius 3 is 2.83 bits per heavy atom. The van der Waals surface area contributed by atoms with Gasteiger partial charge in [0.1, 0.15) is 11.4 Å². The van der Waals surface area contributed by atoms with Crippen molar-refractivity contribution in [3.8, 4) is 0 Å². The van der Waals surface area contributed by atoms with Gasteiger partial charge in [-0.2, -0.15) is 0 Å². The van der Waals surface area contributed by atoms with Gasteiger partial charge < -0.3 is 14.6 Å². The number of furan rings is 1. The van der Waals surface area contributed by atoms with Crippen molar-refractivity contribution in [3.63, 3.8) is 0 Å². The lowest BCUT2D eigenvalue weighted by Gasteiger charge is -2.36. The van der Waals surface area contributed by atoms with Crippen molar-refractivity contribution < 1.29 is 16.3 Å². The van der Waals surface area contributed by atoms with Gasteiger partial charge in [0.2, 0.25) is 5.91 Å². The third-order valence-electron chi connectivity index (χ3n) is 5.73. The Morgan fingerprint density at radius 1 is 1.10 bits per heavy atom. The fraction of sp³-hybridized carbons (Fsp3) is 0.348. The van der Waals surface area contributed by atoms with E-state index in [4.69, 9.17) is 7.16 Å². The predicted molar refractivity (Wildman–Crippen MR) is 112 cm³/mol. The van der Waals surface area contributed by atoms with Crippen LogP contribution in [0.1, 0.15) is 20.3 Å². The summed E-state index contributed by atoms with van der Waals surface area (Å²) in [6.07, 6.45) is 0.520.